The van der Waals surface area contributed by atoms with E-state index in [0.717, 1.165) is 0 Å². The zero-order valence-electron chi connectivity index (χ0n) is 10.2. The minimum absolute atomic E-state index is 0.0344. The summed E-state index contributed by atoms with van der Waals surface area (Å²) in [6.45, 7) is 1.89. The number of carbonyl (C=O) groups excluding carboxylic acids is 2. The maximum Gasteiger partial charge on any atom is 0.319 e. The van der Waals surface area contributed by atoms with Gasteiger partial charge in [-0.25, -0.2) is 0 Å². The van der Waals surface area contributed by atoms with Crippen LogP contribution in [-0.4, -0.2) is 26.6 Å². The van der Waals surface area contributed by atoms with Gasteiger partial charge in [0.15, 0.2) is 0 Å². The third-order valence-electron chi connectivity index (χ3n) is 4.48. The van der Waals surface area contributed by atoms with Crippen LogP contribution in [-0.2, 0) is 14.3 Å². The molecule has 0 N–H and O–H groups in total. The average molecular weight is 378 g/mol. The number of hydrogen-bond acceptors (Lipinski definition) is 3. The van der Waals surface area contributed by atoms with E-state index in [1.54, 1.807) is 0 Å². The van der Waals surface area contributed by atoms with Crippen molar-refractivity contribution in [2.75, 3.05) is 0 Å². The SMILES string of the molecule is CCCC1(Cl)[C@@]2(Cl)C(Cl)=C(Cl)[C@@]1(Cl)[C@@H]1C(=O)OC(=O)[C@H]12. The monoisotopic (exact) mass is 376 g/mol. The van der Waals surface area contributed by atoms with Crippen LogP contribution in [0.3, 0.4) is 0 Å². The first-order valence-electron chi connectivity index (χ1n) is 6.06. The van der Waals surface area contributed by atoms with E-state index in [0.29, 0.717) is 12.8 Å². The van der Waals surface area contributed by atoms with E-state index in [1.807, 2.05) is 6.92 Å². The molecule has 3 rings (SSSR count). The molecule has 0 amide bonds. The zero-order valence-corrected chi connectivity index (χ0v) is 14.0. The van der Waals surface area contributed by atoms with Gasteiger partial charge in [0, 0.05) is 0 Å². The number of hydrogen-bond donors (Lipinski definition) is 0. The Morgan fingerprint density at radius 2 is 1.40 bits per heavy atom. The van der Waals surface area contributed by atoms with Gasteiger partial charge in [0.25, 0.3) is 0 Å². The molecule has 8 heteroatoms. The van der Waals surface area contributed by atoms with Crippen molar-refractivity contribution in [3.63, 3.8) is 0 Å². The highest BCUT2D eigenvalue weighted by molar-refractivity contribution is 6.58. The van der Waals surface area contributed by atoms with Crippen LogP contribution in [0.15, 0.2) is 10.1 Å². The van der Waals surface area contributed by atoms with Crippen LogP contribution in [0.4, 0.5) is 0 Å². The fourth-order valence-corrected chi connectivity index (χ4v) is 6.51. The van der Waals surface area contributed by atoms with Crippen LogP contribution in [0.5, 0.6) is 0 Å². The van der Waals surface area contributed by atoms with Gasteiger partial charge in [-0.15, -0.1) is 34.8 Å². The first-order valence-corrected chi connectivity index (χ1v) is 7.95. The van der Waals surface area contributed by atoms with Crippen LogP contribution in [0.2, 0.25) is 0 Å². The van der Waals surface area contributed by atoms with Crippen molar-refractivity contribution in [2.45, 2.75) is 34.4 Å². The lowest BCUT2D eigenvalue weighted by molar-refractivity contribution is -0.154. The third-order valence-corrected chi connectivity index (χ3v) is 8.22. The third kappa shape index (κ3) is 1.25. The quantitative estimate of drug-likeness (QED) is 0.418. The van der Waals surface area contributed by atoms with Gasteiger partial charge in [0.1, 0.15) is 9.75 Å². The highest BCUT2D eigenvalue weighted by Crippen LogP contribution is 2.77. The number of allylic oxidation sites excluding steroid dienone is 2. The predicted molar refractivity (Wildman–Crippen MR) is 77.5 cm³/mol. The van der Waals surface area contributed by atoms with Gasteiger partial charge >= 0.3 is 11.9 Å². The number of rotatable bonds is 2. The first kappa shape index (κ1) is 15.2. The number of alkyl halides is 3. The van der Waals surface area contributed by atoms with E-state index >= 15 is 0 Å². The van der Waals surface area contributed by atoms with Crippen molar-refractivity contribution in [1.82, 2.24) is 0 Å². The molecule has 0 spiro atoms. The Balaban J connectivity index is 2.32. The minimum Gasteiger partial charge on any atom is -0.393 e. The van der Waals surface area contributed by atoms with Crippen LogP contribution >= 0.6 is 58.0 Å². The number of carbonyl (C=O) groups is 2. The van der Waals surface area contributed by atoms with Crippen molar-refractivity contribution in [1.29, 1.82) is 0 Å². The van der Waals surface area contributed by atoms with Gasteiger partial charge < -0.3 is 4.74 Å². The Morgan fingerprint density at radius 3 is 1.75 bits per heavy atom. The molecule has 1 saturated carbocycles. The fraction of sp³-hybridized carbons (Fsp3) is 0.667. The van der Waals surface area contributed by atoms with Crippen molar-refractivity contribution in [3.05, 3.63) is 10.1 Å². The summed E-state index contributed by atoms with van der Waals surface area (Å²) in [6, 6.07) is 0. The minimum atomic E-state index is -1.52. The number of halogens is 5. The van der Waals surface area contributed by atoms with Crippen LogP contribution < -0.4 is 0 Å². The molecule has 2 bridgehead atoms. The van der Waals surface area contributed by atoms with E-state index in [1.165, 1.54) is 0 Å². The molecule has 4 atom stereocenters. The Bertz CT molecular complexity index is 531. The van der Waals surface area contributed by atoms with Gasteiger partial charge in [-0.05, 0) is 6.42 Å². The van der Waals surface area contributed by atoms with E-state index < -0.39 is 38.4 Å². The van der Waals surface area contributed by atoms with Gasteiger partial charge in [-0.3, -0.25) is 9.59 Å². The topological polar surface area (TPSA) is 43.4 Å². The van der Waals surface area contributed by atoms with E-state index in [4.69, 9.17) is 58.0 Å². The molecule has 0 unspecified atom stereocenters. The van der Waals surface area contributed by atoms with Gasteiger partial charge in [-0.1, -0.05) is 36.5 Å². The summed E-state index contributed by atoms with van der Waals surface area (Å²) in [6.07, 6.45) is 1.00. The van der Waals surface area contributed by atoms with E-state index in [-0.39, 0.29) is 10.1 Å². The molecular weight excluding hydrogens is 369 g/mol. The zero-order chi connectivity index (χ0) is 15.1. The molecule has 2 aliphatic carbocycles. The molecule has 110 valence electrons. The number of esters is 2. The highest BCUT2D eigenvalue weighted by Gasteiger charge is 2.87. The normalized spacial score (nSPS) is 49.9. The van der Waals surface area contributed by atoms with Crippen LogP contribution in [0, 0.1) is 11.8 Å². The lowest BCUT2D eigenvalue weighted by Gasteiger charge is -2.38. The number of ether oxygens (including phenoxy) is 1. The molecule has 20 heavy (non-hydrogen) atoms. The molecular formula is C12H9Cl5O3. The van der Waals surface area contributed by atoms with Crippen molar-refractivity contribution < 1.29 is 14.3 Å². The highest BCUT2D eigenvalue weighted by atomic mass is 35.5. The lowest BCUT2D eigenvalue weighted by Crippen LogP contribution is -2.51. The maximum atomic E-state index is 12.0. The van der Waals surface area contributed by atoms with E-state index in [2.05, 4.69) is 4.74 Å². The predicted octanol–water partition coefficient (Wildman–Crippen LogP) is 3.75. The standard InChI is InChI=1S/C12H9Cl5O3/c1-2-3-10(15)11(16)4-5(9(19)20-8(4)18)12(10,17)7(14)6(11)13/h4-5H,2-3H2,1H3/t4-,5-,11-,12-/m0/s1. The molecule has 3 nitrogen and oxygen atoms in total. The number of fused-ring (bicyclic) bond motifs is 5. The molecule has 1 saturated heterocycles. The molecule has 1 heterocycles. The van der Waals surface area contributed by atoms with E-state index in [9.17, 15) is 9.59 Å². The van der Waals surface area contributed by atoms with Crippen molar-refractivity contribution in [3.8, 4) is 0 Å². The fourth-order valence-electron chi connectivity index (χ4n) is 3.69. The van der Waals surface area contributed by atoms with Gasteiger partial charge in [0.05, 0.1) is 26.8 Å². The van der Waals surface area contributed by atoms with Gasteiger partial charge in [0.2, 0.25) is 0 Å². The summed E-state index contributed by atoms with van der Waals surface area (Å²) in [5.41, 5.74) is 0. The summed E-state index contributed by atoms with van der Waals surface area (Å²) in [5, 5.41) is 0.0689. The Hall–Kier alpha value is 0.330. The Labute approximate surface area is 140 Å². The largest absolute Gasteiger partial charge is 0.393 e. The second-order valence-corrected chi connectivity index (χ2v) is 7.89. The van der Waals surface area contributed by atoms with Crippen LogP contribution in [0.1, 0.15) is 19.8 Å². The van der Waals surface area contributed by atoms with Crippen molar-refractivity contribution >= 4 is 69.9 Å². The smallest absolute Gasteiger partial charge is 0.319 e. The number of cyclic esters (lactones) is 2. The average Bonchev–Trinajstić information content (AvgIpc) is 2.79. The summed E-state index contributed by atoms with van der Waals surface area (Å²) in [4.78, 5) is 19.6. The second kappa shape index (κ2) is 4.20. The first-order chi connectivity index (χ1) is 9.17. The van der Waals surface area contributed by atoms with Gasteiger partial charge in [-0.2, -0.15) is 0 Å². The Morgan fingerprint density at radius 1 is 1.00 bits per heavy atom. The lowest BCUT2D eigenvalue weighted by atomic mass is 9.84. The molecule has 0 aromatic carbocycles. The molecule has 1 aliphatic heterocycles. The van der Waals surface area contributed by atoms with Crippen LogP contribution in [0.25, 0.3) is 0 Å². The second-order valence-electron chi connectivity index (χ2n) is 5.30. The Kier molecular flexibility index (Phi) is 3.20. The molecule has 2 fully saturated rings. The molecule has 0 aromatic rings. The van der Waals surface area contributed by atoms with Crippen molar-refractivity contribution in [2.24, 2.45) is 11.8 Å². The summed E-state index contributed by atoms with van der Waals surface area (Å²) in [7, 11) is 0. The summed E-state index contributed by atoms with van der Waals surface area (Å²) >= 11 is 32.4. The maximum absolute atomic E-state index is 12.0. The molecule has 0 aromatic heterocycles. The summed E-state index contributed by atoms with van der Waals surface area (Å²) in [5.74, 6) is -3.51. The summed E-state index contributed by atoms with van der Waals surface area (Å²) < 4.78 is 4.66. The molecule has 3 aliphatic rings. The molecule has 0 radical (unpaired) electrons.